The van der Waals surface area contributed by atoms with Crippen LogP contribution in [0.5, 0.6) is 5.75 Å². The lowest BCUT2D eigenvalue weighted by atomic mass is 10.1. The molecule has 1 aromatic carbocycles. The normalized spacial score (nSPS) is 12.3. The smallest absolute Gasteiger partial charge is 0.133 e. The Morgan fingerprint density at radius 2 is 2.17 bits per heavy atom. The molecule has 0 amide bonds. The van der Waals surface area contributed by atoms with Crippen molar-refractivity contribution in [3.8, 4) is 5.75 Å². The van der Waals surface area contributed by atoms with E-state index in [1.165, 1.54) is 11.8 Å². The number of nitrogens with zero attached hydrogens (tertiary/aromatic N) is 1. The zero-order chi connectivity index (χ0) is 13.0. The van der Waals surface area contributed by atoms with Gasteiger partial charge >= 0.3 is 0 Å². The topological polar surface area (TPSA) is 45.1 Å². The van der Waals surface area contributed by atoms with Gasteiger partial charge in [0.05, 0.1) is 11.9 Å². The molecule has 1 atom stereocenters. The van der Waals surface area contributed by atoms with Crippen LogP contribution in [-0.2, 0) is 6.54 Å². The van der Waals surface area contributed by atoms with Crippen LogP contribution in [0.1, 0.15) is 24.2 Å². The molecule has 94 valence electrons. The highest BCUT2D eigenvalue weighted by Crippen LogP contribution is 2.18. The first-order chi connectivity index (χ1) is 8.65. The van der Waals surface area contributed by atoms with E-state index in [9.17, 15) is 0 Å². The summed E-state index contributed by atoms with van der Waals surface area (Å²) in [7, 11) is 0. The Bertz CT molecular complexity index is 513. The summed E-state index contributed by atoms with van der Waals surface area (Å²) in [5, 5.41) is 12.6. The van der Waals surface area contributed by atoms with Crippen LogP contribution in [0.3, 0.4) is 0 Å². The summed E-state index contributed by atoms with van der Waals surface area (Å²) in [6, 6.07) is 11.9. The standard InChI is InChI=1S/C14H15BrN2O/c1-10(11-3-2-4-12(15)7-11)16-8-13-5-6-14(18)9-17-13/h2-7,9-10,16,18H,8H2,1H3/t10-/m1/s1. The Kier molecular flexibility index (Phi) is 4.33. The van der Waals surface area contributed by atoms with Crippen LogP contribution < -0.4 is 5.32 Å². The Hall–Kier alpha value is -1.39. The van der Waals surface area contributed by atoms with E-state index >= 15 is 0 Å². The number of aromatic nitrogens is 1. The van der Waals surface area contributed by atoms with Crippen LogP contribution >= 0.6 is 15.9 Å². The first kappa shape index (κ1) is 13.1. The molecule has 0 bridgehead atoms. The first-order valence-corrected chi connectivity index (χ1v) is 6.57. The third-order valence-corrected chi connectivity index (χ3v) is 3.24. The minimum atomic E-state index is 0.193. The Morgan fingerprint density at radius 1 is 1.33 bits per heavy atom. The minimum Gasteiger partial charge on any atom is -0.506 e. The summed E-state index contributed by atoms with van der Waals surface area (Å²) in [6.45, 7) is 2.79. The SMILES string of the molecule is C[C@@H](NCc1ccc(O)cn1)c1cccc(Br)c1. The number of benzene rings is 1. The molecule has 3 nitrogen and oxygen atoms in total. The van der Waals surface area contributed by atoms with Gasteiger partial charge in [0.25, 0.3) is 0 Å². The summed E-state index contributed by atoms with van der Waals surface area (Å²) >= 11 is 3.47. The Morgan fingerprint density at radius 3 is 2.83 bits per heavy atom. The summed E-state index contributed by atoms with van der Waals surface area (Å²) in [6.07, 6.45) is 1.46. The molecule has 18 heavy (non-hydrogen) atoms. The molecular formula is C14H15BrN2O. The van der Waals surface area contributed by atoms with Crippen molar-refractivity contribution in [1.82, 2.24) is 10.3 Å². The van der Waals surface area contributed by atoms with Crippen LogP contribution in [-0.4, -0.2) is 10.1 Å². The van der Waals surface area contributed by atoms with Crippen molar-refractivity contribution in [1.29, 1.82) is 0 Å². The van der Waals surface area contributed by atoms with Crippen molar-refractivity contribution >= 4 is 15.9 Å². The van der Waals surface area contributed by atoms with E-state index < -0.39 is 0 Å². The van der Waals surface area contributed by atoms with Gasteiger partial charge in [0.1, 0.15) is 5.75 Å². The lowest BCUT2D eigenvalue weighted by Crippen LogP contribution is -2.18. The average molecular weight is 307 g/mol. The maximum atomic E-state index is 9.15. The molecule has 0 radical (unpaired) electrons. The van der Waals surface area contributed by atoms with Gasteiger partial charge in [0.15, 0.2) is 0 Å². The fourth-order valence-corrected chi connectivity index (χ4v) is 2.09. The third-order valence-electron chi connectivity index (χ3n) is 2.75. The average Bonchev–Trinajstić information content (AvgIpc) is 2.38. The lowest BCUT2D eigenvalue weighted by molar-refractivity contribution is 0.471. The molecule has 0 aliphatic rings. The fourth-order valence-electron chi connectivity index (χ4n) is 1.67. The molecule has 4 heteroatoms. The van der Waals surface area contributed by atoms with E-state index in [2.05, 4.69) is 45.3 Å². The summed E-state index contributed by atoms with van der Waals surface area (Å²) < 4.78 is 1.08. The number of pyridine rings is 1. The molecule has 2 rings (SSSR count). The van der Waals surface area contributed by atoms with Gasteiger partial charge in [0, 0.05) is 17.1 Å². The summed E-state index contributed by atoms with van der Waals surface area (Å²) in [5.41, 5.74) is 2.14. The van der Waals surface area contributed by atoms with Gasteiger partial charge in [-0.25, -0.2) is 0 Å². The van der Waals surface area contributed by atoms with Crippen molar-refractivity contribution in [3.05, 3.63) is 58.3 Å². The van der Waals surface area contributed by atoms with Gasteiger partial charge < -0.3 is 10.4 Å². The van der Waals surface area contributed by atoms with E-state index in [1.54, 1.807) is 6.07 Å². The molecule has 0 fully saturated rings. The molecular weight excluding hydrogens is 292 g/mol. The highest BCUT2D eigenvalue weighted by Gasteiger charge is 2.05. The quantitative estimate of drug-likeness (QED) is 0.910. The maximum absolute atomic E-state index is 9.15. The second-order valence-electron chi connectivity index (χ2n) is 4.17. The molecule has 0 spiro atoms. The zero-order valence-corrected chi connectivity index (χ0v) is 11.7. The monoisotopic (exact) mass is 306 g/mol. The van der Waals surface area contributed by atoms with Gasteiger partial charge in [0.2, 0.25) is 0 Å². The predicted molar refractivity (Wildman–Crippen MR) is 75.3 cm³/mol. The van der Waals surface area contributed by atoms with Crippen molar-refractivity contribution in [2.45, 2.75) is 19.5 Å². The maximum Gasteiger partial charge on any atom is 0.133 e. The molecule has 2 N–H and O–H groups in total. The molecule has 2 aromatic rings. The predicted octanol–water partition coefficient (Wildman–Crippen LogP) is 3.40. The highest BCUT2D eigenvalue weighted by molar-refractivity contribution is 9.10. The van der Waals surface area contributed by atoms with Crippen LogP contribution in [0.2, 0.25) is 0 Å². The lowest BCUT2D eigenvalue weighted by Gasteiger charge is -2.14. The third kappa shape index (κ3) is 3.55. The van der Waals surface area contributed by atoms with Crippen molar-refractivity contribution < 1.29 is 5.11 Å². The second kappa shape index (κ2) is 5.98. The molecule has 1 heterocycles. The van der Waals surface area contributed by atoms with Gasteiger partial charge in [-0.05, 0) is 36.8 Å². The number of hydrogen-bond donors (Lipinski definition) is 2. The minimum absolute atomic E-state index is 0.193. The van der Waals surface area contributed by atoms with Gasteiger partial charge in [-0.1, -0.05) is 28.1 Å². The Labute approximate surface area is 115 Å². The van der Waals surface area contributed by atoms with Gasteiger partial charge in [-0.3, -0.25) is 4.98 Å². The molecule has 0 aliphatic carbocycles. The van der Waals surface area contributed by atoms with E-state index in [0.29, 0.717) is 6.54 Å². The number of halogens is 1. The van der Waals surface area contributed by atoms with E-state index in [-0.39, 0.29) is 11.8 Å². The molecule has 0 saturated carbocycles. The summed E-state index contributed by atoms with van der Waals surface area (Å²) in [4.78, 5) is 4.14. The number of hydrogen-bond acceptors (Lipinski definition) is 3. The van der Waals surface area contributed by atoms with Crippen molar-refractivity contribution in [2.75, 3.05) is 0 Å². The molecule has 1 aromatic heterocycles. The van der Waals surface area contributed by atoms with Crippen LogP contribution in [0.25, 0.3) is 0 Å². The largest absolute Gasteiger partial charge is 0.506 e. The van der Waals surface area contributed by atoms with E-state index in [1.807, 2.05) is 18.2 Å². The highest BCUT2D eigenvalue weighted by atomic mass is 79.9. The van der Waals surface area contributed by atoms with Crippen LogP contribution in [0, 0.1) is 0 Å². The van der Waals surface area contributed by atoms with Crippen LogP contribution in [0.4, 0.5) is 0 Å². The molecule has 0 saturated heterocycles. The first-order valence-electron chi connectivity index (χ1n) is 5.78. The molecule has 0 aliphatic heterocycles. The van der Waals surface area contributed by atoms with E-state index in [4.69, 9.17) is 5.11 Å². The second-order valence-corrected chi connectivity index (χ2v) is 5.08. The Balaban J connectivity index is 1.96. The number of nitrogens with one attached hydrogen (secondary N) is 1. The summed E-state index contributed by atoms with van der Waals surface area (Å²) in [5.74, 6) is 0.193. The number of aromatic hydroxyl groups is 1. The van der Waals surface area contributed by atoms with Gasteiger partial charge in [-0.2, -0.15) is 0 Å². The van der Waals surface area contributed by atoms with Crippen molar-refractivity contribution in [3.63, 3.8) is 0 Å². The zero-order valence-electron chi connectivity index (χ0n) is 10.1. The van der Waals surface area contributed by atoms with Crippen molar-refractivity contribution in [2.24, 2.45) is 0 Å². The van der Waals surface area contributed by atoms with Crippen LogP contribution in [0.15, 0.2) is 47.1 Å². The molecule has 0 unspecified atom stereocenters. The van der Waals surface area contributed by atoms with Gasteiger partial charge in [-0.15, -0.1) is 0 Å². The number of rotatable bonds is 4. The fraction of sp³-hybridized carbons (Fsp3) is 0.214. The van der Waals surface area contributed by atoms with E-state index in [0.717, 1.165) is 10.2 Å².